The topological polar surface area (TPSA) is 88.7 Å². The quantitative estimate of drug-likeness (QED) is 0.468. The maximum absolute atomic E-state index is 11.3. The maximum Gasteiger partial charge on any atom is 0.248 e. The van der Waals surface area contributed by atoms with Crippen molar-refractivity contribution in [3.05, 3.63) is 71.3 Å². The molecule has 144 valence electrons. The van der Waals surface area contributed by atoms with E-state index in [1.165, 1.54) is 5.56 Å². The molecule has 0 bridgehead atoms. The lowest BCUT2D eigenvalue weighted by Gasteiger charge is -2.16. The number of nitrogens with zero attached hydrogens (tertiary/aromatic N) is 1. The van der Waals surface area contributed by atoms with Gasteiger partial charge in [-0.1, -0.05) is 49.4 Å². The van der Waals surface area contributed by atoms with Gasteiger partial charge in [-0.15, -0.1) is 0 Å². The third-order valence-corrected chi connectivity index (χ3v) is 4.03. The fourth-order valence-electron chi connectivity index (χ4n) is 2.52. The highest BCUT2D eigenvalue weighted by atomic mass is 16.5. The van der Waals surface area contributed by atoms with E-state index in [0.717, 1.165) is 12.1 Å². The van der Waals surface area contributed by atoms with Gasteiger partial charge in [-0.3, -0.25) is 9.79 Å². The van der Waals surface area contributed by atoms with Crippen LogP contribution in [0, 0.1) is 5.92 Å². The van der Waals surface area contributed by atoms with Gasteiger partial charge in [0.25, 0.3) is 0 Å². The Bertz CT molecular complexity index is 747. The van der Waals surface area contributed by atoms with E-state index in [2.05, 4.69) is 34.7 Å². The van der Waals surface area contributed by atoms with Gasteiger partial charge in [-0.2, -0.15) is 0 Å². The summed E-state index contributed by atoms with van der Waals surface area (Å²) in [6, 6.07) is 17.4. The van der Waals surface area contributed by atoms with E-state index in [9.17, 15) is 4.79 Å². The van der Waals surface area contributed by atoms with Crippen molar-refractivity contribution in [2.75, 3.05) is 20.2 Å². The van der Waals surface area contributed by atoms with E-state index in [-0.39, 0.29) is 0 Å². The smallest absolute Gasteiger partial charge is 0.248 e. The summed E-state index contributed by atoms with van der Waals surface area (Å²) in [7, 11) is 1.73. The Morgan fingerprint density at radius 3 is 2.56 bits per heavy atom. The van der Waals surface area contributed by atoms with Gasteiger partial charge < -0.3 is 21.1 Å². The van der Waals surface area contributed by atoms with Crippen molar-refractivity contribution in [1.29, 1.82) is 0 Å². The van der Waals surface area contributed by atoms with E-state index in [0.29, 0.717) is 37.2 Å². The summed E-state index contributed by atoms with van der Waals surface area (Å²) in [5.74, 6) is 0.614. The number of hydrogen-bond acceptors (Lipinski definition) is 3. The molecule has 1 amide bonds. The molecular weight excluding hydrogens is 340 g/mol. The Hall–Kier alpha value is -2.86. The van der Waals surface area contributed by atoms with Crippen LogP contribution in [0.5, 0.6) is 0 Å². The third kappa shape index (κ3) is 7.50. The number of primary amides is 1. The molecule has 0 aromatic heterocycles. The number of ether oxygens (including phenoxy) is 1. The van der Waals surface area contributed by atoms with Crippen LogP contribution in [0.1, 0.15) is 28.4 Å². The van der Waals surface area contributed by atoms with Crippen LogP contribution in [-0.2, 0) is 17.9 Å². The zero-order chi connectivity index (χ0) is 19.5. The Labute approximate surface area is 160 Å². The molecule has 0 fully saturated rings. The summed E-state index contributed by atoms with van der Waals surface area (Å²) in [6.45, 7) is 4.71. The molecule has 0 aliphatic heterocycles. The van der Waals surface area contributed by atoms with Crippen molar-refractivity contribution in [3.8, 4) is 0 Å². The highest BCUT2D eigenvalue weighted by molar-refractivity contribution is 5.92. The summed E-state index contributed by atoms with van der Waals surface area (Å²) in [4.78, 5) is 15.5. The normalized spacial score (nSPS) is 12.4. The molecule has 1 unspecified atom stereocenters. The summed E-state index contributed by atoms with van der Waals surface area (Å²) in [5, 5.41) is 6.53. The highest BCUT2D eigenvalue weighted by Crippen LogP contribution is 2.05. The van der Waals surface area contributed by atoms with Gasteiger partial charge in [0.05, 0.1) is 13.2 Å². The van der Waals surface area contributed by atoms with Crippen LogP contribution in [0.25, 0.3) is 0 Å². The minimum atomic E-state index is -0.427. The van der Waals surface area contributed by atoms with Crippen LogP contribution < -0.4 is 16.4 Å². The van der Waals surface area contributed by atoms with Gasteiger partial charge >= 0.3 is 0 Å². The number of hydrogen-bond donors (Lipinski definition) is 3. The minimum absolute atomic E-state index is 0.338. The molecule has 0 saturated carbocycles. The van der Waals surface area contributed by atoms with Gasteiger partial charge in [0.15, 0.2) is 5.96 Å². The lowest BCUT2D eigenvalue weighted by Crippen LogP contribution is -2.39. The molecule has 6 heteroatoms. The molecule has 0 spiro atoms. The van der Waals surface area contributed by atoms with Crippen LogP contribution in [0.2, 0.25) is 0 Å². The van der Waals surface area contributed by atoms with Crippen LogP contribution in [0.3, 0.4) is 0 Å². The monoisotopic (exact) mass is 368 g/mol. The molecule has 0 heterocycles. The molecule has 4 N–H and O–H groups in total. The summed E-state index contributed by atoms with van der Waals surface area (Å²) < 4.78 is 5.77. The first-order valence-electron chi connectivity index (χ1n) is 9.03. The SMILES string of the molecule is CN=C(NCc1cccc(C(N)=O)c1)NCC(C)COCc1ccccc1. The van der Waals surface area contributed by atoms with Crippen LogP contribution in [0.4, 0.5) is 0 Å². The zero-order valence-corrected chi connectivity index (χ0v) is 15.9. The van der Waals surface area contributed by atoms with Crippen LogP contribution in [0.15, 0.2) is 59.6 Å². The number of amides is 1. The molecule has 0 saturated heterocycles. The second kappa shape index (κ2) is 11.0. The van der Waals surface area contributed by atoms with Gasteiger partial charge in [-0.05, 0) is 29.2 Å². The number of aliphatic imine (C=N–C) groups is 1. The standard InChI is InChI=1S/C21H28N4O2/c1-16(14-27-15-17-7-4-3-5-8-17)12-24-21(23-2)25-13-18-9-6-10-19(11-18)20(22)26/h3-11,16H,12-15H2,1-2H3,(H2,22,26)(H2,23,24,25). The Balaban J connectivity index is 1.70. The van der Waals surface area contributed by atoms with Crippen molar-refractivity contribution in [2.24, 2.45) is 16.6 Å². The second-order valence-electron chi connectivity index (χ2n) is 6.48. The lowest BCUT2D eigenvalue weighted by atomic mass is 10.1. The van der Waals surface area contributed by atoms with E-state index in [1.807, 2.05) is 30.3 Å². The first-order chi connectivity index (χ1) is 13.1. The second-order valence-corrected chi connectivity index (χ2v) is 6.48. The first-order valence-corrected chi connectivity index (χ1v) is 9.03. The average Bonchev–Trinajstić information content (AvgIpc) is 2.69. The number of guanidine groups is 1. The summed E-state index contributed by atoms with van der Waals surface area (Å²) >= 11 is 0. The van der Waals surface area contributed by atoms with Crippen molar-refractivity contribution < 1.29 is 9.53 Å². The summed E-state index contributed by atoms with van der Waals surface area (Å²) in [6.07, 6.45) is 0. The molecule has 2 aromatic rings. The molecule has 6 nitrogen and oxygen atoms in total. The fraction of sp³-hybridized carbons (Fsp3) is 0.333. The number of rotatable bonds is 9. The summed E-state index contributed by atoms with van der Waals surface area (Å²) in [5.41, 5.74) is 7.96. The molecule has 0 radical (unpaired) electrons. The van der Waals surface area contributed by atoms with Gasteiger partial charge in [0, 0.05) is 25.7 Å². The fourth-order valence-corrected chi connectivity index (χ4v) is 2.52. The molecule has 2 rings (SSSR count). The third-order valence-electron chi connectivity index (χ3n) is 4.03. The Morgan fingerprint density at radius 1 is 1.11 bits per heavy atom. The van der Waals surface area contributed by atoms with Crippen molar-refractivity contribution in [2.45, 2.75) is 20.1 Å². The average molecular weight is 368 g/mol. The Kier molecular flexibility index (Phi) is 8.32. The number of carbonyl (C=O) groups is 1. The predicted octanol–water partition coefficient (Wildman–Crippen LogP) is 2.30. The van der Waals surface area contributed by atoms with Gasteiger partial charge in [0.1, 0.15) is 0 Å². The number of benzene rings is 2. The van der Waals surface area contributed by atoms with E-state index < -0.39 is 5.91 Å². The van der Waals surface area contributed by atoms with E-state index >= 15 is 0 Å². The number of carbonyl (C=O) groups excluding carboxylic acids is 1. The molecule has 27 heavy (non-hydrogen) atoms. The number of nitrogens with two attached hydrogens (primary N) is 1. The molecular formula is C21H28N4O2. The lowest BCUT2D eigenvalue weighted by molar-refractivity contribution is 0.0931. The Morgan fingerprint density at radius 2 is 1.85 bits per heavy atom. The molecule has 0 aliphatic rings. The van der Waals surface area contributed by atoms with Crippen molar-refractivity contribution >= 4 is 11.9 Å². The molecule has 1 atom stereocenters. The van der Waals surface area contributed by atoms with Crippen molar-refractivity contribution in [1.82, 2.24) is 10.6 Å². The minimum Gasteiger partial charge on any atom is -0.376 e. The maximum atomic E-state index is 11.3. The first kappa shape index (κ1) is 20.5. The molecule has 2 aromatic carbocycles. The molecule has 0 aliphatic carbocycles. The highest BCUT2D eigenvalue weighted by Gasteiger charge is 2.06. The zero-order valence-electron chi connectivity index (χ0n) is 15.9. The number of nitrogens with one attached hydrogen (secondary N) is 2. The van der Waals surface area contributed by atoms with E-state index in [1.54, 1.807) is 19.2 Å². The predicted molar refractivity (Wildman–Crippen MR) is 108 cm³/mol. The van der Waals surface area contributed by atoms with Crippen LogP contribution >= 0.6 is 0 Å². The largest absolute Gasteiger partial charge is 0.376 e. The van der Waals surface area contributed by atoms with E-state index in [4.69, 9.17) is 10.5 Å². The van der Waals surface area contributed by atoms with Gasteiger partial charge in [-0.25, -0.2) is 0 Å². The van der Waals surface area contributed by atoms with Crippen LogP contribution in [-0.4, -0.2) is 32.1 Å². The van der Waals surface area contributed by atoms with Crippen molar-refractivity contribution in [3.63, 3.8) is 0 Å². The van der Waals surface area contributed by atoms with Gasteiger partial charge in [0.2, 0.25) is 5.91 Å².